The molecule has 0 spiro atoms. The third-order valence-corrected chi connectivity index (χ3v) is 8.67. The Kier molecular flexibility index (Phi) is 4.97. The summed E-state index contributed by atoms with van der Waals surface area (Å²) in [5, 5.41) is 2.82. The van der Waals surface area contributed by atoms with E-state index < -0.39 is 0 Å². The van der Waals surface area contributed by atoms with Crippen LogP contribution in [0.3, 0.4) is 0 Å². The minimum absolute atomic E-state index is 0.823. The average molecular weight is 415 g/mol. The van der Waals surface area contributed by atoms with Gasteiger partial charge in [0.2, 0.25) is 0 Å². The second kappa shape index (κ2) is 7.94. The number of rotatable bonds is 5. The fourth-order valence-electron chi connectivity index (χ4n) is 6.00. The fraction of sp³-hybridized carbons (Fsp3) is 0.407. The van der Waals surface area contributed by atoms with Gasteiger partial charge in [-0.05, 0) is 104 Å². The highest BCUT2D eigenvalue weighted by atomic mass is 32.2. The quantitative estimate of drug-likeness (QED) is 0.440. The fourth-order valence-corrected chi connectivity index (χ4v) is 7.16. The number of aryl methyl sites for hydroxylation is 1. The number of anilines is 1. The Hall–Kier alpha value is -1.97. The van der Waals surface area contributed by atoms with Crippen LogP contribution in [0.5, 0.6) is 0 Å². The van der Waals surface area contributed by atoms with Crippen molar-refractivity contribution in [1.29, 1.82) is 0 Å². The van der Waals surface area contributed by atoms with Crippen LogP contribution in [0.4, 0.5) is 5.69 Å². The molecular formula is C27H30N2S. The van der Waals surface area contributed by atoms with Gasteiger partial charge >= 0.3 is 0 Å². The van der Waals surface area contributed by atoms with Crippen LogP contribution in [-0.2, 0) is 6.42 Å². The van der Waals surface area contributed by atoms with Gasteiger partial charge in [0.25, 0.3) is 0 Å². The Balaban J connectivity index is 1.02. The first kappa shape index (κ1) is 18.8. The minimum atomic E-state index is 0.823. The molecule has 0 amide bonds. The lowest BCUT2D eigenvalue weighted by molar-refractivity contribution is 0.167. The van der Waals surface area contributed by atoms with Crippen molar-refractivity contribution in [1.82, 2.24) is 4.90 Å². The molecule has 0 N–H and O–H groups in total. The standard InChI is InChI=1S/C27H30N2S/c1-2-9-23-20(6-1)12-13-24(23)21-14-18-28(19-15-21)16-5-17-29-25-10-3-7-22-8-4-11-26(30-29)27(22)25/h1-4,6-11,21,24H,5,12-19H2. The van der Waals surface area contributed by atoms with E-state index in [0.717, 1.165) is 18.4 Å². The molecule has 0 bridgehead atoms. The van der Waals surface area contributed by atoms with E-state index in [-0.39, 0.29) is 0 Å². The Morgan fingerprint density at radius 1 is 0.833 bits per heavy atom. The molecule has 6 rings (SSSR count). The van der Waals surface area contributed by atoms with Gasteiger partial charge in [0.1, 0.15) is 0 Å². The Morgan fingerprint density at radius 2 is 1.67 bits per heavy atom. The van der Waals surface area contributed by atoms with Crippen LogP contribution in [-0.4, -0.2) is 31.1 Å². The third-order valence-electron chi connectivity index (χ3n) is 7.54. The van der Waals surface area contributed by atoms with Gasteiger partial charge in [-0.1, -0.05) is 48.5 Å². The van der Waals surface area contributed by atoms with E-state index in [1.165, 1.54) is 73.1 Å². The number of fused-ring (bicyclic) bond motifs is 1. The Bertz CT molecular complexity index is 1050. The van der Waals surface area contributed by atoms with E-state index in [0.29, 0.717) is 0 Å². The molecule has 1 atom stereocenters. The van der Waals surface area contributed by atoms with Gasteiger partial charge in [-0.2, -0.15) is 0 Å². The lowest BCUT2D eigenvalue weighted by Gasteiger charge is -2.35. The summed E-state index contributed by atoms with van der Waals surface area (Å²) in [5.74, 6) is 1.72. The molecule has 0 saturated carbocycles. The summed E-state index contributed by atoms with van der Waals surface area (Å²) in [4.78, 5) is 4.13. The first-order chi connectivity index (χ1) is 14.9. The molecule has 1 saturated heterocycles. The van der Waals surface area contributed by atoms with Crippen molar-refractivity contribution in [3.8, 4) is 0 Å². The van der Waals surface area contributed by atoms with E-state index in [1.807, 2.05) is 11.9 Å². The normalized spacial score (nSPS) is 21.5. The molecule has 3 aliphatic rings. The van der Waals surface area contributed by atoms with Crippen molar-refractivity contribution < 1.29 is 0 Å². The molecule has 30 heavy (non-hydrogen) atoms. The van der Waals surface area contributed by atoms with Gasteiger partial charge < -0.3 is 9.21 Å². The van der Waals surface area contributed by atoms with Crippen molar-refractivity contribution in [2.75, 3.05) is 30.5 Å². The van der Waals surface area contributed by atoms with Crippen LogP contribution >= 0.6 is 11.9 Å². The van der Waals surface area contributed by atoms with Crippen LogP contribution in [0.15, 0.2) is 65.6 Å². The monoisotopic (exact) mass is 414 g/mol. The first-order valence-corrected chi connectivity index (χ1v) is 12.4. The third kappa shape index (κ3) is 3.33. The van der Waals surface area contributed by atoms with Crippen molar-refractivity contribution in [2.24, 2.45) is 5.92 Å². The van der Waals surface area contributed by atoms with E-state index >= 15 is 0 Å². The van der Waals surface area contributed by atoms with E-state index in [2.05, 4.69) is 69.9 Å². The molecule has 2 heterocycles. The van der Waals surface area contributed by atoms with Gasteiger partial charge in [0.15, 0.2) is 0 Å². The summed E-state index contributed by atoms with van der Waals surface area (Å²) >= 11 is 1.93. The number of benzene rings is 3. The zero-order valence-electron chi connectivity index (χ0n) is 17.6. The lowest BCUT2D eigenvalue weighted by atomic mass is 9.81. The summed E-state index contributed by atoms with van der Waals surface area (Å²) in [7, 11) is 0. The highest BCUT2D eigenvalue weighted by Crippen LogP contribution is 2.46. The molecule has 3 aromatic carbocycles. The van der Waals surface area contributed by atoms with Crippen molar-refractivity contribution in [3.63, 3.8) is 0 Å². The van der Waals surface area contributed by atoms with Crippen LogP contribution in [0.2, 0.25) is 0 Å². The lowest BCUT2D eigenvalue weighted by Crippen LogP contribution is -2.36. The number of piperidine rings is 1. The molecule has 1 fully saturated rings. The number of hydrogen-bond donors (Lipinski definition) is 0. The predicted octanol–water partition coefficient (Wildman–Crippen LogP) is 6.50. The van der Waals surface area contributed by atoms with Gasteiger partial charge in [0.05, 0.1) is 5.69 Å². The highest BCUT2D eigenvalue weighted by molar-refractivity contribution is 8.01. The average Bonchev–Trinajstić information content (AvgIpc) is 3.38. The maximum atomic E-state index is 2.71. The first-order valence-electron chi connectivity index (χ1n) is 11.6. The van der Waals surface area contributed by atoms with Crippen molar-refractivity contribution in [3.05, 3.63) is 71.8 Å². The van der Waals surface area contributed by atoms with Crippen LogP contribution in [0, 0.1) is 5.92 Å². The topological polar surface area (TPSA) is 6.48 Å². The van der Waals surface area contributed by atoms with Gasteiger partial charge in [-0.25, -0.2) is 0 Å². The Labute approximate surface area is 184 Å². The molecule has 3 aromatic rings. The second-order valence-electron chi connectivity index (χ2n) is 9.20. The molecule has 1 unspecified atom stereocenters. The molecule has 2 aliphatic heterocycles. The summed E-state index contributed by atoms with van der Waals surface area (Å²) in [5.41, 5.74) is 4.69. The predicted molar refractivity (Wildman–Crippen MR) is 128 cm³/mol. The van der Waals surface area contributed by atoms with Crippen LogP contribution in [0.25, 0.3) is 10.8 Å². The molecule has 154 valence electrons. The summed E-state index contributed by atoms with van der Waals surface area (Å²) in [6, 6.07) is 22.6. The second-order valence-corrected chi connectivity index (χ2v) is 10.3. The number of hydrogen-bond acceptors (Lipinski definition) is 3. The summed E-state index contributed by atoms with van der Waals surface area (Å²) < 4.78 is 2.51. The maximum Gasteiger partial charge on any atom is 0.0563 e. The van der Waals surface area contributed by atoms with E-state index in [4.69, 9.17) is 0 Å². The van der Waals surface area contributed by atoms with Crippen LogP contribution < -0.4 is 4.31 Å². The number of likely N-dealkylation sites (tertiary alicyclic amines) is 1. The SMILES string of the molecule is c1ccc2c(c1)CCC2C1CCN(CCCN2Sc3cccc4cccc2c34)CC1. The zero-order chi connectivity index (χ0) is 19.9. The highest BCUT2D eigenvalue weighted by Gasteiger charge is 2.32. The van der Waals surface area contributed by atoms with E-state index in [1.54, 1.807) is 11.1 Å². The molecule has 0 radical (unpaired) electrons. The zero-order valence-corrected chi connectivity index (χ0v) is 18.4. The molecule has 2 nitrogen and oxygen atoms in total. The molecular weight excluding hydrogens is 384 g/mol. The number of nitrogens with zero attached hydrogens (tertiary/aromatic N) is 2. The van der Waals surface area contributed by atoms with Crippen molar-refractivity contribution >= 4 is 28.4 Å². The maximum absolute atomic E-state index is 2.71. The minimum Gasteiger partial charge on any atom is -0.311 e. The molecule has 3 heteroatoms. The van der Waals surface area contributed by atoms with Gasteiger partial charge in [0, 0.05) is 16.8 Å². The smallest absolute Gasteiger partial charge is 0.0563 e. The van der Waals surface area contributed by atoms with E-state index in [9.17, 15) is 0 Å². The Morgan fingerprint density at radius 3 is 2.57 bits per heavy atom. The van der Waals surface area contributed by atoms with Gasteiger partial charge in [-0.3, -0.25) is 0 Å². The molecule has 1 aliphatic carbocycles. The van der Waals surface area contributed by atoms with Gasteiger partial charge in [-0.15, -0.1) is 0 Å². The van der Waals surface area contributed by atoms with Crippen molar-refractivity contribution in [2.45, 2.75) is 42.9 Å². The largest absolute Gasteiger partial charge is 0.311 e. The summed E-state index contributed by atoms with van der Waals surface area (Å²) in [6.07, 6.45) is 6.67. The molecule has 0 aromatic heterocycles. The summed E-state index contributed by atoms with van der Waals surface area (Å²) in [6.45, 7) is 4.93. The van der Waals surface area contributed by atoms with Crippen LogP contribution in [0.1, 0.15) is 42.7 Å².